The number of hydrogen-bond acceptors (Lipinski definition) is 4. The Labute approximate surface area is 203 Å². The van der Waals surface area contributed by atoms with Crippen LogP contribution >= 0.6 is 0 Å². The molecular formula is C29H36FNO3. The van der Waals surface area contributed by atoms with Crippen molar-refractivity contribution < 1.29 is 18.7 Å². The number of hydrogen-bond donors (Lipinski definition) is 0. The van der Waals surface area contributed by atoms with Crippen LogP contribution in [-0.4, -0.2) is 24.9 Å². The van der Waals surface area contributed by atoms with Crippen LogP contribution < -0.4 is 4.74 Å². The molecule has 0 N–H and O–H groups in total. The predicted octanol–water partition coefficient (Wildman–Crippen LogP) is 7.50. The molecule has 0 bridgehead atoms. The molecule has 0 aromatic heterocycles. The van der Waals surface area contributed by atoms with E-state index in [4.69, 9.17) is 9.47 Å². The van der Waals surface area contributed by atoms with Crippen LogP contribution in [0.2, 0.25) is 0 Å². The summed E-state index contributed by atoms with van der Waals surface area (Å²) in [4.78, 5) is 11.9. The Balaban J connectivity index is 1.55. The molecule has 1 atom stereocenters. The van der Waals surface area contributed by atoms with Gasteiger partial charge in [-0.15, -0.1) is 0 Å². The van der Waals surface area contributed by atoms with E-state index in [0.29, 0.717) is 30.3 Å². The van der Waals surface area contributed by atoms with Gasteiger partial charge in [-0.25, -0.2) is 9.18 Å². The smallest absolute Gasteiger partial charge is 0.340 e. The number of alkyl halides is 1. The van der Waals surface area contributed by atoms with E-state index in [9.17, 15) is 14.4 Å². The minimum atomic E-state index is -1.50. The summed E-state index contributed by atoms with van der Waals surface area (Å²) in [6.45, 7) is 4.71. The number of carbonyl (C=O) groups excluding carboxylic acids is 1. The second-order valence-electron chi connectivity index (χ2n) is 9.17. The summed E-state index contributed by atoms with van der Waals surface area (Å²) in [7, 11) is 0. The van der Waals surface area contributed by atoms with Gasteiger partial charge in [0, 0.05) is 0 Å². The minimum absolute atomic E-state index is 0.176. The van der Waals surface area contributed by atoms with E-state index in [1.165, 1.54) is 5.56 Å². The molecule has 1 fully saturated rings. The Morgan fingerprint density at radius 2 is 1.71 bits per heavy atom. The summed E-state index contributed by atoms with van der Waals surface area (Å²) < 4.78 is 25.1. The Bertz CT molecular complexity index is 958. The van der Waals surface area contributed by atoms with Crippen molar-refractivity contribution in [1.82, 2.24) is 0 Å². The van der Waals surface area contributed by atoms with Gasteiger partial charge in [-0.2, -0.15) is 5.26 Å². The van der Waals surface area contributed by atoms with E-state index in [-0.39, 0.29) is 12.5 Å². The van der Waals surface area contributed by atoms with E-state index in [2.05, 4.69) is 37.3 Å². The highest BCUT2D eigenvalue weighted by Crippen LogP contribution is 2.35. The number of benzene rings is 2. The first kappa shape index (κ1) is 25.7. The van der Waals surface area contributed by atoms with Gasteiger partial charge in [0.15, 0.2) is 6.17 Å². The summed E-state index contributed by atoms with van der Waals surface area (Å²) in [5, 5.41) is 9.52. The van der Waals surface area contributed by atoms with Crippen LogP contribution in [0.3, 0.4) is 0 Å². The fourth-order valence-electron chi connectivity index (χ4n) is 4.45. The number of ether oxygens (including phenoxy) is 2. The fraction of sp³-hybridized carbons (Fsp3) is 0.517. The van der Waals surface area contributed by atoms with Gasteiger partial charge in [0.05, 0.1) is 12.2 Å². The highest BCUT2D eigenvalue weighted by atomic mass is 19.1. The van der Waals surface area contributed by atoms with Crippen molar-refractivity contribution in [1.29, 1.82) is 5.26 Å². The summed E-state index contributed by atoms with van der Waals surface area (Å²) >= 11 is 0. The van der Waals surface area contributed by atoms with Crippen LogP contribution in [0.25, 0.3) is 11.1 Å². The van der Waals surface area contributed by atoms with Gasteiger partial charge >= 0.3 is 5.97 Å². The Morgan fingerprint density at radius 3 is 2.35 bits per heavy atom. The maximum atomic E-state index is 13.9. The number of carbonyl (C=O) groups is 1. The summed E-state index contributed by atoms with van der Waals surface area (Å²) in [6, 6.07) is 16.5. The average molecular weight is 466 g/mol. The molecule has 0 saturated heterocycles. The molecule has 3 rings (SSSR count). The zero-order valence-corrected chi connectivity index (χ0v) is 20.4. The standard InChI is InChI=1S/C29H36FNO3/c1-3-5-7-27(30)29(32)34-26-15-12-22(13-16-26)21-8-10-23(11-9-21)24-14-17-28(25(19-24)20-31)33-18-6-4-2/h8-11,14,17,19,22,26-27H,3-7,12-13,15-16,18H2,1-2H3/t22-,26-,27-/m0/s1. The first-order chi connectivity index (χ1) is 16.5. The SMILES string of the molecule is CCCCOc1ccc(-c2ccc([C@H]3CC[C@H](OC(=O)[C@@H](F)CCCC)CC3)cc2)cc1C#N. The average Bonchev–Trinajstić information content (AvgIpc) is 2.88. The van der Waals surface area contributed by atoms with Gasteiger partial charge in [-0.05, 0) is 73.3 Å². The van der Waals surface area contributed by atoms with Crippen LogP contribution in [0.1, 0.15) is 88.7 Å². The topological polar surface area (TPSA) is 59.3 Å². The molecule has 5 heteroatoms. The van der Waals surface area contributed by atoms with Crippen LogP contribution in [-0.2, 0) is 9.53 Å². The van der Waals surface area contributed by atoms with E-state index in [1.54, 1.807) is 0 Å². The largest absolute Gasteiger partial charge is 0.492 e. The fourth-order valence-corrected chi connectivity index (χ4v) is 4.45. The van der Waals surface area contributed by atoms with Crippen LogP contribution in [0.4, 0.5) is 4.39 Å². The van der Waals surface area contributed by atoms with Gasteiger partial charge in [0.2, 0.25) is 0 Å². The highest BCUT2D eigenvalue weighted by Gasteiger charge is 2.27. The van der Waals surface area contributed by atoms with Crippen LogP contribution in [0, 0.1) is 11.3 Å². The zero-order valence-electron chi connectivity index (χ0n) is 20.4. The van der Waals surface area contributed by atoms with Crippen molar-refractivity contribution >= 4 is 5.97 Å². The molecule has 1 saturated carbocycles. The maximum Gasteiger partial charge on any atom is 0.340 e. The normalized spacial score (nSPS) is 18.6. The molecule has 0 radical (unpaired) electrons. The molecule has 1 aliphatic rings. The van der Waals surface area contributed by atoms with Gasteiger partial charge in [0.1, 0.15) is 17.9 Å². The number of nitrogens with zero attached hydrogens (tertiary/aromatic N) is 1. The second kappa shape index (κ2) is 13.1. The van der Waals surface area contributed by atoms with Crippen LogP contribution in [0.5, 0.6) is 5.75 Å². The van der Waals surface area contributed by atoms with Crippen molar-refractivity contribution in [3.63, 3.8) is 0 Å². The Kier molecular flexibility index (Phi) is 9.94. The number of rotatable bonds is 11. The third-order valence-electron chi connectivity index (χ3n) is 6.59. The predicted molar refractivity (Wildman–Crippen MR) is 133 cm³/mol. The molecule has 182 valence electrons. The number of esters is 1. The lowest BCUT2D eigenvalue weighted by molar-refractivity contribution is -0.157. The van der Waals surface area contributed by atoms with Gasteiger partial charge in [0.25, 0.3) is 0 Å². The van der Waals surface area contributed by atoms with Gasteiger partial charge < -0.3 is 9.47 Å². The molecule has 0 amide bonds. The lowest BCUT2D eigenvalue weighted by Crippen LogP contribution is -2.28. The maximum absolute atomic E-state index is 13.9. The monoisotopic (exact) mass is 465 g/mol. The van der Waals surface area contributed by atoms with E-state index < -0.39 is 12.1 Å². The van der Waals surface area contributed by atoms with Crippen molar-refractivity contribution in [2.24, 2.45) is 0 Å². The number of nitriles is 1. The molecule has 4 nitrogen and oxygen atoms in total. The lowest BCUT2D eigenvalue weighted by Gasteiger charge is -2.29. The van der Waals surface area contributed by atoms with Gasteiger partial charge in [-0.1, -0.05) is 63.4 Å². The lowest BCUT2D eigenvalue weighted by atomic mass is 9.82. The first-order valence-corrected chi connectivity index (χ1v) is 12.7. The Hall–Kier alpha value is -2.87. The summed E-state index contributed by atoms with van der Waals surface area (Å²) in [5.41, 5.74) is 3.87. The van der Waals surface area contributed by atoms with Crippen molar-refractivity contribution in [3.05, 3.63) is 53.6 Å². The Morgan fingerprint density at radius 1 is 1.03 bits per heavy atom. The van der Waals surface area contributed by atoms with Gasteiger partial charge in [-0.3, -0.25) is 0 Å². The molecule has 0 heterocycles. The molecule has 0 spiro atoms. The van der Waals surface area contributed by atoms with Crippen molar-refractivity contribution in [3.8, 4) is 22.9 Å². The minimum Gasteiger partial charge on any atom is -0.492 e. The molecule has 34 heavy (non-hydrogen) atoms. The third kappa shape index (κ3) is 7.06. The number of halogens is 1. The molecule has 0 unspecified atom stereocenters. The molecular weight excluding hydrogens is 429 g/mol. The van der Waals surface area contributed by atoms with Crippen molar-refractivity contribution in [2.45, 2.75) is 89.8 Å². The quantitative estimate of drug-likeness (QED) is 0.255. The molecule has 2 aromatic carbocycles. The zero-order chi connectivity index (χ0) is 24.3. The summed E-state index contributed by atoms with van der Waals surface area (Å²) in [6.07, 6.45) is 5.55. The molecule has 0 aliphatic heterocycles. The molecule has 2 aromatic rings. The third-order valence-corrected chi connectivity index (χ3v) is 6.59. The van der Waals surface area contributed by atoms with E-state index >= 15 is 0 Å². The second-order valence-corrected chi connectivity index (χ2v) is 9.17. The van der Waals surface area contributed by atoms with E-state index in [0.717, 1.165) is 56.1 Å². The number of unbranched alkanes of at least 4 members (excludes halogenated alkanes) is 2. The summed E-state index contributed by atoms with van der Waals surface area (Å²) in [5.74, 6) is 0.354. The first-order valence-electron chi connectivity index (χ1n) is 12.7. The van der Waals surface area contributed by atoms with E-state index in [1.807, 2.05) is 25.1 Å². The highest BCUT2D eigenvalue weighted by molar-refractivity contribution is 5.74. The molecule has 1 aliphatic carbocycles. The van der Waals surface area contributed by atoms with Crippen LogP contribution in [0.15, 0.2) is 42.5 Å². The van der Waals surface area contributed by atoms with Crippen molar-refractivity contribution in [2.75, 3.05) is 6.61 Å².